The minimum absolute atomic E-state index is 0.208. The van der Waals surface area contributed by atoms with Gasteiger partial charge in [-0.05, 0) is 19.8 Å². The Morgan fingerprint density at radius 1 is 0.548 bits per heavy atom. The van der Waals surface area contributed by atoms with E-state index >= 15 is 0 Å². The number of carbonyl (C=O) groups is 2. The number of ether oxygens (including phenoxy) is 2. The van der Waals surface area contributed by atoms with Crippen molar-refractivity contribution in [2.45, 2.75) is 136 Å². The Balaban J connectivity index is 3.25. The van der Waals surface area contributed by atoms with Crippen LogP contribution in [0.1, 0.15) is 136 Å². The predicted octanol–water partition coefficient (Wildman–Crippen LogP) is 8.08. The molecule has 182 valence electrons. The summed E-state index contributed by atoms with van der Waals surface area (Å²) in [4.78, 5) is 23.2. The van der Waals surface area contributed by atoms with E-state index in [1.807, 2.05) is 6.92 Å². The summed E-state index contributed by atoms with van der Waals surface area (Å²) in [6.07, 6.45) is 21.6. The number of esters is 2. The second-order valence-electron chi connectivity index (χ2n) is 8.95. The van der Waals surface area contributed by atoms with Gasteiger partial charge in [-0.25, -0.2) is 0 Å². The van der Waals surface area contributed by atoms with E-state index in [9.17, 15) is 9.59 Å². The first-order valence-electron chi connectivity index (χ1n) is 13.0. The molecule has 0 amide bonds. The van der Waals surface area contributed by atoms with Crippen LogP contribution >= 0.6 is 0 Å². The molecule has 0 aliphatic carbocycles. The summed E-state index contributed by atoms with van der Waals surface area (Å²) in [7, 11) is 0. The molecular formula is C27H50O4. The van der Waals surface area contributed by atoms with Crippen LogP contribution in [0, 0.1) is 0 Å². The van der Waals surface area contributed by atoms with Gasteiger partial charge in [0.05, 0.1) is 13.2 Å². The molecule has 0 aliphatic rings. The van der Waals surface area contributed by atoms with Crippen molar-refractivity contribution in [1.82, 2.24) is 0 Å². The Bertz CT molecular complexity index is 445. The van der Waals surface area contributed by atoms with Gasteiger partial charge in [0, 0.05) is 19.3 Å². The van der Waals surface area contributed by atoms with Crippen molar-refractivity contribution in [3.63, 3.8) is 0 Å². The summed E-state index contributed by atoms with van der Waals surface area (Å²) in [5.74, 6) is -0.462. The Morgan fingerprint density at radius 3 is 1.35 bits per heavy atom. The topological polar surface area (TPSA) is 52.6 Å². The molecule has 0 N–H and O–H groups in total. The van der Waals surface area contributed by atoms with Crippen molar-refractivity contribution in [1.29, 1.82) is 0 Å². The molecule has 0 fully saturated rings. The average molecular weight is 439 g/mol. The van der Waals surface area contributed by atoms with E-state index in [0.29, 0.717) is 26.1 Å². The van der Waals surface area contributed by atoms with Crippen molar-refractivity contribution in [2.75, 3.05) is 13.2 Å². The molecule has 4 heteroatoms. The van der Waals surface area contributed by atoms with Gasteiger partial charge in [-0.3, -0.25) is 9.59 Å². The lowest BCUT2D eigenvalue weighted by Gasteiger charge is -2.06. The Hall–Kier alpha value is -1.32. The quantitative estimate of drug-likeness (QED) is 0.0919. The highest BCUT2D eigenvalue weighted by atomic mass is 16.5. The molecule has 31 heavy (non-hydrogen) atoms. The van der Waals surface area contributed by atoms with Crippen LogP contribution in [0.25, 0.3) is 0 Å². The zero-order chi connectivity index (χ0) is 23.0. The predicted molar refractivity (Wildman–Crippen MR) is 130 cm³/mol. The van der Waals surface area contributed by atoms with E-state index in [1.165, 1.54) is 83.5 Å². The molecule has 4 nitrogen and oxygen atoms in total. The Morgan fingerprint density at radius 2 is 0.935 bits per heavy atom. The van der Waals surface area contributed by atoms with Gasteiger partial charge < -0.3 is 9.47 Å². The molecule has 0 aromatic rings. The first kappa shape index (κ1) is 29.7. The standard InChI is InChI=1S/C27H50O4/c1-4-5-6-7-8-9-10-11-12-13-14-15-16-17-18-23-30-26(28)20-19-21-27(29)31-24-22-25(2)3/h2,4-24H2,1,3H3. The van der Waals surface area contributed by atoms with Crippen LogP contribution in [-0.4, -0.2) is 25.2 Å². The molecule has 0 heterocycles. The first-order chi connectivity index (χ1) is 15.1. The van der Waals surface area contributed by atoms with E-state index in [2.05, 4.69) is 13.5 Å². The highest BCUT2D eigenvalue weighted by molar-refractivity contribution is 5.72. The van der Waals surface area contributed by atoms with Crippen molar-refractivity contribution in [3.05, 3.63) is 12.2 Å². The second kappa shape index (κ2) is 23.3. The maximum Gasteiger partial charge on any atom is 0.305 e. The molecule has 0 saturated carbocycles. The monoisotopic (exact) mass is 438 g/mol. The maximum absolute atomic E-state index is 11.7. The van der Waals surface area contributed by atoms with Crippen LogP contribution in [-0.2, 0) is 19.1 Å². The highest BCUT2D eigenvalue weighted by Gasteiger charge is 2.07. The second-order valence-corrected chi connectivity index (χ2v) is 8.95. The third-order valence-electron chi connectivity index (χ3n) is 5.56. The molecule has 0 aliphatic heterocycles. The maximum atomic E-state index is 11.7. The number of rotatable bonds is 23. The van der Waals surface area contributed by atoms with E-state index in [1.54, 1.807) is 0 Å². The lowest BCUT2D eigenvalue weighted by Crippen LogP contribution is -2.09. The molecule has 0 unspecified atom stereocenters. The lowest BCUT2D eigenvalue weighted by atomic mass is 10.0. The third-order valence-corrected chi connectivity index (χ3v) is 5.56. The molecule has 0 radical (unpaired) electrons. The molecule has 0 saturated heterocycles. The number of hydrogen-bond donors (Lipinski definition) is 0. The van der Waals surface area contributed by atoms with Crippen LogP contribution in [0.15, 0.2) is 12.2 Å². The van der Waals surface area contributed by atoms with Gasteiger partial charge in [-0.1, -0.05) is 102 Å². The van der Waals surface area contributed by atoms with Crippen LogP contribution in [0.4, 0.5) is 0 Å². The van der Waals surface area contributed by atoms with Gasteiger partial charge in [0.25, 0.3) is 0 Å². The van der Waals surface area contributed by atoms with Crippen molar-refractivity contribution in [3.8, 4) is 0 Å². The average Bonchev–Trinajstić information content (AvgIpc) is 2.73. The molecule has 0 aromatic heterocycles. The minimum atomic E-state index is -0.253. The van der Waals surface area contributed by atoms with E-state index in [0.717, 1.165) is 18.4 Å². The summed E-state index contributed by atoms with van der Waals surface area (Å²) in [6, 6.07) is 0. The molecule has 0 bridgehead atoms. The van der Waals surface area contributed by atoms with Crippen molar-refractivity contribution < 1.29 is 19.1 Å². The smallest absolute Gasteiger partial charge is 0.305 e. The van der Waals surface area contributed by atoms with Gasteiger partial charge in [0.15, 0.2) is 0 Å². The summed E-state index contributed by atoms with van der Waals surface area (Å²) in [6.45, 7) is 8.82. The molecule has 0 spiro atoms. The van der Waals surface area contributed by atoms with Crippen molar-refractivity contribution in [2.24, 2.45) is 0 Å². The zero-order valence-corrected chi connectivity index (χ0v) is 20.7. The SMILES string of the molecule is C=C(C)CCOC(=O)CCCC(=O)OCCCCCCCCCCCCCCCCC. The van der Waals surface area contributed by atoms with E-state index in [4.69, 9.17) is 9.47 Å². The fraction of sp³-hybridized carbons (Fsp3) is 0.852. The van der Waals surface area contributed by atoms with Crippen LogP contribution in [0.5, 0.6) is 0 Å². The fourth-order valence-corrected chi connectivity index (χ4v) is 3.52. The van der Waals surface area contributed by atoms with E-state index < -0.39 is 0 Å². The summed E-state index contributed by atoms with van der Waals surface area (Å²) >= 11 is 0. The minimum Gasteiger partial charge on any atom is -0.466 e. The van der Waals surface area contributed by atoms with Gasteiger partial charge >= 0.3 is 11.9 Å². The van der Waals surface area contributed by atoms with Crippen molar-refractivity contribution >= 4 is 11.9 Å². The Labute approximate surface area is 192 Å². The highest BCUT2D eigenvalue weighted by Crippen LogP contribution is 2.13. The molecule has 0 aromatic carbocycles. The Kier molecular flexibility index (Phi) is 22.4. The van der Waals surface area contributed by atoms with Gasteiger partial charge in [0.1, 0.15) is 0 Å². The molecule has 0 rings (SSSR count). The van der Waals surface area contributed by atoms with Crippen LogP contribution < -0.4 is 0 Å². The first-order valence-corrected chi connectivity index (χ1v) is 13.0. The van der Waals surface area contributed by atoms with Gasteiger partial charge in [-0.2, -0.15) is 0 Å². The molecule has 0 atom stereocenters. The number of carbonyl (C=O) groups excluding carboxylic acids is 2. The lowest BCUT2D eigenvalue weighted by molar-refractivity contribution is -0.145. The summed E-state index contributed by atoms with van der Waals surface area (Å²) < 4.78 is 10.3. The zero-order valence-electron chi connectivity index (χ0n) is 20.7. The summed E-state index contributed by atoms with van der Waals surface area (Å²) in [5.41, 5.74) is 0.996. The third kappa shape index (κ3) is 24.8. The van der Waals surface area contributed by atoms with E-state index in [-0.39, 0.29) is 24.8 Å². The fourth-order valence-electron chi connectivity index (χ4n) is 3.52. The summed E-state index contributed by atoms with van der Waals surface area (Å²) in [5, 5.41) is 0. The van der Waals surface area contributed by atoms with Gasteiger partial charge in [-0.15, -0.1) is 6.58 Å². The van der Waals surface area contributed by atoms with Crippen LogP contribution in [0.2, 0.25) is 0 Å². The largest absolute Gasteiger partial charge is 0.466 e. The van der Waals surface area contributed by atoms with Gasteiger partial charge in [0.2, 0.25) is 0 Å². The normalized spacial score (nSPS) is 10.8. The van der Waals surface area contributed by atoms with Crippen LogP contribution in [0.3, 0.4) is 0 Å². The molecular weight excluding hydrogens is 388 g/mol. The number of hydrogen-bond acceptors (Lipinski definition) is 4. The number of unbranched alkanes of at least 4 members (excludes halogenated alkanes) is 14.